The van der Waals surface area contributed by atoms with Gasteiger partial charge in [-0.1, -0.05) is 239 Å². The largest absolute Gasteiger partial charge is 0.462 e. The lowest BCUT2D eigenvalue weighted by atomic mass is 10.0. The van der Waals surface area contributed by atoms with Crippen LogP contribution in [0, 0.1) is 0 Å². The second kappa shape index (κ2) is 55.4. The predicted octanol–water partition coefficient (Wildman–Crippen LogP) is 18.5. The monoisotopic (exact) mass is 941 g/mol. The van der Waals surface area contributed by atoms with Gasteiger partial charge in [0.05, 0.1) is 0 Å². The molecule has 384 valence electrons. The normalized spacial score (nSPS) is 13.0. The first kappa shape index (κ1) is 63.8. The molecule has 6 heteroatoms. The third kappa shape index (κ3) is 52.8. The second-order valence-corrected chi connectivity index (χ2v) is 17.7. The van der Waals surface area contributed by atoms with Gasteiger partial charge < -0.3 is 14.2 Å². The van der Waals surface area contributed by atoms with Crippen LogP contribution in [0.3, 0.4) is 0 Å². The van der Waals surface area contributed by atoms with E-state index in [0.29, 0.717) is 19.3 Å². The highest BCUT2D eigenvalue weighted by Gasteiger charge is 2.19. The summed E-state index contributed by atoms with van der Waals surface area (Å²) < 4.78 is 16.7. The Balaban J connectivity index is 4.47. The molecule has 6 nitrogen and oxygen atoms in total. The van der Waals surface area contributed by atoms with E-state index in [9.17, 15) is 14.4 Å². The molecule has 0 N–H and O–H groups in total. The molecular weight excluding hydrogens is 841 g/mol. The average Bonchev–Trinajstić information content (AvgIpc) is 3.34. The Bertz CT molecular complexity index is 1450. The van der Waals surface area contributed by atoms with E-state index in [1.807, 2.05) is 12.2 Å². The van der Waals surface area contributed by atoms with Crippen molar-refractivity contribution in [3.63, 3.8) is 0 Å². The summed E-state index contributed by atoms with van der Waals surface area (Å²) in [4.78, 5) is 38.0. The van der Waals surface area contributed by atoms with Crippen molar-refractivity contribution < 1.29 is 28.6 Å². The van der Waals surface area contributed by atoms with Gasteiger partial charge in [-0.15, -0.1) is 0 Å². The van der Waals surface area contributed by atoms with Crippen molar-refractivity contribution in [2.45, 2.75) is 239 Å². The van der Waals surface area contributed by atoms with Crippen LogP contribution in [0.15, 0.2) is 122 Å². The zero-order chi connectivity index (χ0) is 49.3. The van der Waals surface area contributed by atoms with Crippen LogP contribution >= 0.6 is 0 Å². The summed E-state index contributed by atoms with van der Waals surface area (Å²) in [5, 5.41) is 0. The number of esters is 3. The third-order valence-corrected chi connectivity index (χ3v) is 11.2. The Labute approximate surface area is 418 Å². The zero-order valence-corrected chi connectivity index (χ0v) is 43.8. The van der Waals surface area contributed by atoms with Gasteiger partial charge in [-0.2, -0.15) is 0 Å². The summed E-state index contributed by atoms with van der Waals surface area (Å²) in [6, 6.07) is 0. The van der Waals surface area contributed by atoms with E-state index >= 15 is 0 Å². The molecule has 0 fully saturated rings. The minimum absolute atomic E-state index is 0.115. The molecule has 1 atom stereocenters. The molecule has 0 heterocycles. The van der Waals surface area contributed by atoms with E-state index in [4.69, 9.17) is 14.2 Å². The van der Waals surface area contributed by atoms with Gasteiger partial charge in [0.25, 0.3) is 0 Å². The van der Waals surface area contributed by atoms with Gasteiger partial charge in [0.2, 0.25) is 0 Å². The van der Waals surface area contributed by atoms with Crippen LogP contribution in [0.2, 0.25) is 0 Å². The first-order valence-corrected chi connectivity index (χ1v) is 27.5. The van der Waals surface area contributed by atoms with Crippen molar-refractivity contribution in [1.29, 1.82) is 0 Å². The highest BCUT2D eigenvalue weighted by Crippen LogP contribution is 2.15. The fourth-order valence-corrected chi connectivity index (χ4v) is 7.16. The molecule has 0 saturated carbocycles. The maximum absolute atomic E-state index is 12.8. The summed E-state index contributed by atoms with van der Waals surface area (Å²) in [6.45, 7) is 6.32. The number of rotatable bonds is 48. The smallest absolute Gasteiger partial charge is 0.306 e. The first-order valence-electron chi connectivity index (χ1n) is 27.5. The van der Waals surface area contributed by atoms with Crippen molar-refractivity contribution in [1.82, 2.24) is 0 Å². The minimum Gasteiger partial charge on any atom is -0.462 e. The second-order valence-electron chi connectivity index (χ2n) is 17.7. The van der Waals surface area contributed by atoms with Gasteiger partial charge in [0.1, 0.15) is 13.2 Å². The molecule has 0 aliphatic rings. The molecule has 0 aromatic rings. The van der Waals surface area contributed by atoms with Crippen LogP contribution in [0.4, 0.5) is 0 Å². The molecule has 0 radical (unpaired) electrons. The number of hydrogen-bond acceptors (Lipinski definition) is 6. The van der Waals surface area contributed by atoms with E-state index in [-0.39, 0.29) is 37.5 Å². The number of ether oxygens (including phenoxy) is 3. The summed E-state index contributed by atoms with van der Waals surface area (Å²) in [7, 11) is 0. The first-order chi connectivity index (χ1) is 33.5. The van der Waals surface area contributed by atoms with Crippen LogP contribution < -0.4 is 0 Å². The van der Waals surface area contributed by atoms with Gasteiger partial charge in [0.15, 0.2) is 6.10 Å². The lowest BCUT2D eigenvalue weighted by molar-refractivity contribution is -0.166. The fourth-order valence-electron chi connectivity index (χ4n) is 7.16. The molecule has 0 aromatic carbocycles. The zero-order valence-electron chi connectivity index (χ0n) is 43.8. The molecule has 0 rings (SSSR count). The van der Waals surface area contributed by atoms with E-state index in [2.05, 4.69) is 130 Å². The van der Waals surface area contributed by atoms with E-state index < -0.39 is 6.10 Å². The summed E-state index contributed by atoms with van der Waals surface area (Å²) in [6.07, 6.45) is 76.3. The molecule has 1 unspecified atom stereocenters. The predicted molar refractivity (Wildman–Crippen MR) is 293 cm³/mol. The topological polar surface area (TPSA) is 78.9 Å². The standard InChI is InChI=1S/C62H100O6/c1-4-7-10-13-16-19-22-25-27-28-29-30-31-32-33-34-35-38-40-43-46-49-52-55-61(64)67-58-59(57-66-60(63)54-51-48-45-42-39-36-24-21-18-15-12-9-6-3)68-62(65)56-53-50-47-44-41-37-26-23-20-17-14-11-8-5-2/h7,9-10,12,16,18-19,21,25,27,29-30,32-33,35-36,38-39,45,48,59H,4-6,8,11,13-15,17,20,22-24,26,28,31,34,37,40-44,46-47,49-58H2,1-3H3/b10-7-,12-9-,19-16-,21-18-,27-25-,30-29-,33-32-,38-35-,39-36-,48-45-. The Morgan fingerprint density at radius 3 is 0.985 bits per heavy atom. The summed E-state index contributed by atoms with van der Waals surface area (Å²) in [5.41, 5.74) is 0. The Hall–Kier alpha value is -4.19. The van der Waals surface area contributed by atoms with Crippen molar-refractivity contribution in [2.24, 2.45) is 0 Å². The van der Waals surface area contributed by atoms with Crippen molar-refractivity contribution in [3.8, 4) is 0 Å². The van der Waals surface area contributed by atoms with Crippen LogP contribution in [-0.2, 0) is 28.6 Å². The molecule has 0 aromatic heterocycles. The highest BCUT2D eigenvalue weighted by molar-refractivity contribution is 5.71. The van der Waals surface area contributed by atoms with Crippen molar-refractivity contribution in [3.05, 3.63) is 122 Å². The molecule has 0 saturated heterocycles. The molecule has 0 aliphatic carbocycles. The Morgan fingerprint density at radius 1 is 0.309 bits per heavy atom. The van der Waals surface area contributed by atoms with Crippen LogP contribution in [0.25, 0.3) is 0 Å². The maximum atomic E-state index is 12.8. The molecule has 0 aliphatic heterocycles. The molecule has 0 amide bonds. The molecule has 68 heavy (non-hydrogen) atoms. The number of hydrogen-bond donors (Lipinski definition) is 0. The Kier molecular flexibility index (Phi) is 52.0. The Morgan fingerprint density at radius 2 is 0.603 bits per heavy atom. The molecular formula is C62H100O6. The SMILES string of the molecule is CC/C=C\C/C=C\C/C=C\C/C=C\C/C=C\C/C=C\CCCCCCC(=O)OCC(COC(=O)CC/C=C\C/C=C\C/C=C\C/C=C\CC)OC(=O)CCCCCCCCCCCCCCCC. The number of carbonyl (C=O) groups excluding carboxylic acids is 3. The van der Waals surface area contributed by atoms with Crippen LogP contribution in [-0.4, -0.2) is 37.2 Å². The van der Waals surface area contributed by atoms with Crippen molar-refractivity contribution in [2.75, 3.05) is 13.2 Å². The van der Waals surface area contributed by atoms with Crippen LogP contribution in [0.1, 0.15) is 233 Å². The van der Waals surface area contributed by atoms with E-state index in [0.717, 1.165) is 116 Å². The summed E-state index contributed by atoms with van der Waals surface area (Å²) in [5.74, 6) is -1.02. The lowest BCUT2D eigenvalue weighted by Gasteiger charge is -2.18. The van der Waals surface area contributed by atoms with E-state index in [1.165, 1.54) is 70.6 Å². The fraction of sp³-hybridized carbons (Fsp3) is 0.629. The minimum atomic E-state index is -0.819. The van der Waals surface area contributed by atoms with Crippen LogP contribution in [0.5, 0.6) is 0 Å². The molecule has 0 bridgehead atoms. The highest BCUT2D eigenvalue weighted by atomic mass is 16.6. The molecule has 0 spiro atoms. The lowest BCUT2D eigenvalue weighted by Crippen LogP contribution is -2.30. The van der Waals surface area contributed by atoms with E-state index in [1.54, 1.807) is 0 Å². The quantitative estimate of drug-likeness (QED) is 0.0262. The van der Waals surface area contributed by atoms with Gasteiger partial charge in [-0.25, -0.2) is 0 Å². The maximum Gasteiger partial charge on any atom is 0.306 e. The van der Waals surface area contributed by atoms with Gasteiger partial charge >= 0.3 is 17.9 Å². The van der Waals surface area contributed by atoms with Gasteiger partial charge in [-0.05, 0) is 96.3 Å². The van der Waals surface area contributed by atoms with Gasteiger partial charge in [0, 0.05) is 19.3 Å². The third-order valence-electron chi connectivity index (χ3n) is 11.2. The van der Waals surface area contributed by atoms with Crippen molar-refractivity contribution >= 4 is 17.9 Å². The van der Waals surface area contributed by atoms with Gasteiger partial charge in [-0.3, -0.25) is 14.4 Å². The number of unbranched alkanes of at least 4 members (excludes halogenated alkanes) is 17. The number of allylic oxidation sites excluding steroid dienone is 20. The average molecular weight is 941 g/mol. The number of carbonyl (C=O) groups is 3. The summed E-state index contributed by atoms with van der Waals surface area (Å²) >= 11 is 0.